The highest BCUT2D eigenvalue weighted by molar-refractivity contribution is 5.95. The molecule has 35 heavy (non-hydrogen) atoms. The number of benzene rings is 3. The minimum atomic E-state index is -0.347. The average Bonchev–Trinajstić information content (AvgIpc) is 3.23. The van der Waals surface area contributed by atoms with E-state index in [0.717, 1.165) is 40.7 Å². The van der Waals surface area contributed by atoms with Crippen LogP contribution in [-0.2, 0) is 29.0 Å². The highest BCUT2D eigenvalue weighted by atomic mass is 16.2. The standard InChI is InChI=1S/C29H30N4O2/c1-20-10-3-4-12-23(20)18-27(34)30-21(2)29-31-24-14-6-8-16-26(24)33(29)19-28(35)32-17-9-13-22-11-5-7-15-25(22)32/h3-8,10-12,14-16,21H,9,13,17-19H2,1-2H3,(H,30,34). The summed E-state index contributed by atoms with van der Waals surface area (Å²) in [4.78, 5) is 33.1. The predicted molar refractivity (Wildman–Crippen MR) is 138 cm³/mol. The van der Waals surface area contributed by atoms with Gasteiger partial charge in [-0.2, -0.15) is 0 Å². The topological polar surface area (TPSA) is 67.2 Å². The fourth-order valence-corrected chi connectivity index (χ4v) is 4.94. The highest BCUT2D eigenvalue weighted by Crippen LogP contribution is 2.28. The van der Waals surface area contributed by atoms with Crippen LogP contribution in [0.1, 0.15) is 41.9 Å². The Morgan fingerprint density at radius 2 is 1.74 bits per heavy atom. The first-order valence-corrected chi connectivity index (χ1v) is 12.2. The van der Waals surface area contributed by atoms with Gasteiger partial charge in [-0.3, -0.25) is 9.59 Å². The molecule has 6 nitrogen and oxygen atoms in total. The molecule has 3 aromatic carbocycles. The number of amides is 2. The van der Waals surface area contributed by atoms with Crippen LogP contribution in [0.15, 0.2) is 72.8 Å². The van der Waals surface area contributed by atoms with Gasteiger partial charge in [-0.15, -0.1) is 0 Å². The van der Waals surface area contributed by atoms with Gasteiger partial charge in [0.25, 0.3) is 0 Å². The van der Waals surface area contributed by atoms with E-state index in [2.05, 4.69) is 11.4 Å². The molecule has 178 valence electrons. The predicted octanol–water partition coefficient (Wildman–Crippen LogP) is 4.74. The van der Waals surface area contributed by atoms with Crippen molar-refractivity contribution >= 4 is 28.5 Å². The summed E-state index contributed by atoms with van der Waals surface area (Å²) in [5, 5.41) is 3.09. The van der Waals surface area contributed by atoms with Gasteiger partial charge in [0.15, 0.2) is 0 Å². The Morgan fingerprint density at radius 1 is 1.00 bits per heavy atom. The molecule has 1 atom stereocenters. The molecule has 6 heteroatoms. The summed E-state index contributed by atoms with van der Waals surface area (Å²) in [5.74, 6) is 0.643. The minimum absolute atomic E-state index is 0.0278. The molecule has 0 radical (unpaired) electrons. The van der Waals surface area contributed by atoms with Gasteiger partial charge in [0.2, 0.25) is 11.8 Å². The first kappa shape index (κ1) is 22.8. The van der Waals surface area contributed by atoms with E-state index in [1.165, 1.54) is 5.56 Å². The smallest absolute Gasteiger partial charge is 0.246 e. The molecular formula is C29H30N4O2. The zero-order valence-electron chi connectivity index (χ0n) is 20.2. The zero-order valence-corrected chi connectivity index (χ0v) is 20.2. The Bertz CT molecular complexity index is 1390. The van der Waals surface area contributed by atoms with Gasteiger partial charge in [-0.05, 0) is 61.6 Å². The van der Waals surface area contributed by atoms with Gasteiger partial charge < -0.3 is 14.8 Å². The molecule has 1 unspecified atom stereocenters. The van der Waals surface area contributed by atoms with Crippen LogP contribution in [0.5, 0.6) is 0 Å². The number of para-hydroxylation sites is 3. The lowest BCUT2D eigenvalue weighted by Gasteiger charge is -2.30. The molecule has 0 fully saturated rings. The van der Waals surface area contributed by atoms with Crippen LogP contribution in [0.3, 0.4) is 0 Å². The number of imidazole rings is 1. The van der Waals surface area contributed by atoms with Gasteiger partial charge in [-0.25, -0.2) is 4.98 Å². The number of hydrogen-bond acceptors (Lipinski definition) is 3. The molecule has 0 saturated heterocycles. The van der Waals surface area contributed by atoms with Crippen LogP contribution in [0.4, 0.5) is 5.69 Å². The summed E-state index contributed by atoms with van der Waals surface area (Å²) in [6.07, 6.45) is 2.25. The van der Waals surface area contributed by atoms with E-state index in [4.69, 9.17) is 4.98 Å². The van der Waals surface area contributed by atoms with E-state index < -0.39 is 0 Å². The number of rotatable bonds is 6. The number of aromatic nitrogens is 2. The Balaban J connectivity index is 1.40. The lowest BCUT2D eigenvalue weighted by molar-refractivity contribution is -0.121. The first-order valence-electron chi connectivity index (χ1n) is 12.2. The van der Waals surface area contributed by atoms with E-state index in [-0.39, 0.29) is 24.4 Å². The maximum Gasteiger partial charge on any atom is 0.246 e. The van der Waals surface area contributed by atoms with Crippen LogP contribution in [0.2, 0.25) is 0 Å². The zero-order chi connectivity index (χ0) is 24.4. The summed E-state index contributed by atoms with van der Waals surface area (Å²) in [7, 11) is 0. The summed E-state index contributed by atoms with van der Waals surface area (Å²) in [6, 6.07) is 23.5. The number of carbonyl (C=O) groups excluding carboxylic acids is 2. The molecule has 4 aromatic rings. The second kappa shape index (κ2) is 9.74. The molecular weight excluding hydrogens is 436 g/mol. The Morgan fingerprint density at radius 3 is 2.60 bits per heavy atom. The third-order valence-corrected chi connectivity index (χ3v) is 6.77. The largest absolute Gasteiger partial charge is 0.346 e. The maximum atomic E-state index is 13.5. The van der Waals surface area contributed by atoms with Gasteiger partial charge in [0, 0.05) is 12.2 Å². The first-order chi connectivity index (χ1) is 17.0. The number of anilines is 1. The van der Waals surface area contributed by atoms with Crippen molar-refractivity contribution in [1.29, 1.82) is 0 Å². The van der Waals surface area contributed by atoms with Crippen LogP contribution < -0.4 is 10.2 Å². The average molecular weight is 467 g/mol. The maximum absolute atomic E-state index is 13.5. The fraction of sp³-hybridized carbons (Fsp3) is 0.276. The number of nitrogens with zero attached hydrogens (tertiary/aromatic N) is 3. The number of fused-ring (bicyclic) bond motifs is 2. The van der Waals surface area contributed by atoms with E-state index in [9.17, 15) is 9.59 Å². The van der Waals surface area contributed by atoms with Gasteiger partial charge in [0.05, 0.1) is 23.5 Å². The molecule has 1 aliphatic heterocycles. The molecule has 1 aliphatic rings. The third kappa shape index (κ3) is 4.69. The Hall–Kier alpha value is -3.93. The SMILES string of the molecule is Cc1ccccc1CC(=O)NC(C)c1nc2ccccc2n1CC(=O)N1CCCc2ccccc21. The van der Waals surface area contributed by atoms with E-state index >= 15 is 0 Å². The molecule has 1 N–H and O–H groups in total. The molecule has 2 amide bonds. The van der Waals surface area contributed by atoms with Crippen LogP contribution in [0, 0.1) is 6.92 Å². The molecule has 0 saturated carbocycles. The third-order valence-electron chi connectivity index (χ3n) is 6.77. The fourth-order valence-electron chi connectivity index (χ4n) is 4.94. The summed E-state index contributed by atoms with van der Waals surface area (Å²) < 4.78 is 1.95. The molecule has 0 aliphatic carbocycles. The Kier molecular flexibility index (Phi) is 6.36. The van der Waals surface area contributed by atoms with Crippen molar-refractivity contribution in [1.82, 2.24) is 14.9 Å². The van der Waals surface area contributed by atoms with E-state index in [0.29, 0.717) is 18.8 Å². The van der Waals surface area contributed by atoms with E-state index in [1.54, 1.807) is 0 Å². The number of hydrogen-bond donors (Lipinski definition) is 1. The van der Waals surface area contributed by atoms with Crippen molar-refractivity contribution in [2.45, 2.75) is 45.7 Å². The van der Waals surface area contributed by atoms with Crippen LogP contribution in [-0.4, -0.2) is 27.9 Å². The summed E-state index contributed by atoms with van der Waals surface area (Å²) in [6.45, 7) is 4.81. The van der Waals surface area contributed by atoms with Crippen molar-refractivity contribution in [2.75, 3.05) is 11.4 Å². The summed E-state index contributed by atoms with van der Waals surface area (Å²) in [5.41, 5.74) is 6.00. The van der Waals surface area contributed by atoms with Gasteiger partial charge >= 0.3 is 0 Å². The van der Waals surface area contributed by atoms with E-state index in [1.807, 2.05) is 90.0 Å². The minimum Gasteiger partial charge on any atom is -0.346 e. The van der Waals surface area contributed by atoms with Crippen molar-refractivity contribution in [3.63, 3.8) is 0 Å². The molecule has 0 bridgehead atoms. The molecule has 0 spiro atoms. The molecule has 2 heterocycles. The van der Waals surface area contributed by atoms with Crippen molar-refractivity contribution in [2.24, 2.45) is 0 Å². The van der Waals surface area contributed by atoms with Crippen molar-refractivity contribution < 1.29 is 9.59 Å². The van der Waals surface area contributed by atoms with Crippen LogP contribution in [0.25, 0.3) is 11.0 Å². The Labute approximate surface area is 205 Å². The summed E-state index contributed by atoms with van der Waals surface area (Å²) >= 11 is 0. The van der Waals surface area contributed by atoms with Crippen molar-refractivity contribution in [3.05, 3.63) is 95.3 Å². The van der Waals surface area contributed by atoms with Gasteiger partial charge in [-0.1, -0.05) is 54.6 Å². The van der Waals surface area contributed by atoms with Gasteiger partial charge in [0.1, 0.15) is 12.4 Å². The van der Waals surface area contributed by atoms with Crippen molar-refractivity contribution in [3.8, 4) is 0 Å². The molecule has 1 aromatic heterocycles. The number of aryl methyl sites for hydroxylation is 2. The second-order valence-electron chi connectivity index (χ2n) is 9.21. The second-order valence-corrected chi connectivity index (χ2v) is 9.21. The monoisotopic (exact) mass is 466 g/mol. The molecule has 5 rings (SSSR count). The highest BCUT2D eigenvalue weighted by Gasteiger charge is 2.25. The normalized spacial score (nSPS) is 13.9. The lowest BCUT2D eigenvalue weighted by atomic mass is 10.0. The van der Waals surface area contributed by atoms with Crippen LogP contribution >= 0.6 is 0 Å². The number of carbonyl (C=O) groups is 2. The quantitative estimate of drug-likeness (QED) is 0.446. The lowest BCUT2D eigenvalue weighted by Crippen LogP contribution is -2.38. The number of nitrogens with one attached hydrogen (secondary N) is 1.